The number of aryl methyl sites for hydroxylation is 2. The molecule has 0 aromatic carbocycles. The Morgan fingerprint density at radius 2 is 2.12 bits per heavy atom. The minimum Gasteiger partial charge on any atom is -0.350 e. The van der Waals surface area contributed by atoms with Crippen molar-refractivity contribution in [2.45, 2.75) is 19.5 Å². The van der Waals surface area contributed by atoms with Gasteiger partial charge in [-0.3, -0.25) is 14.0 Å². The molecule has 0 saturated heterocycles. The predicted molar refractivity (Wildman–Crippen MR) is 93.0 cm³/mol. The van der Waals surface area contributed by atoms with Gasteiger partial charge < -0.3 is 10.6 Å². The zero-order chi connectivity index (χ0) is 17.8. The van der Waals surface area contributed by atoms with E-state index in [1.54, 1.807) is 30.3 Å². The van der Waals surface area contributed by atoms with Crippen LogP contribution in [0.15, 0.2) is 43.1 Å². The molecular formula is C17H21N7O. The van der Waals surface area contributed by atoms with Gasteiger partial charge in [0.1, 0.15) is 17.7 Å². The van der Waals surface area contributed by atoms with Crippen molar-refractivity contribution in [2.75, 3.05) is 7.05 Å². The van der Waals surface area contributed by atoms with Crippen LogP contribution in [0.4, 0.5) is 0 Å². The number of carbonyl (C=O) groups is 1. The van der Waals surface area contributed by atoms with Gasteiger partial charge in [-0.2, -0.15) is 5.10 Å². The number of imidazole rings is 1. The highest BCUT2D eigenvalue weighted by Gasteiger charge is 2.19. The van der Waals surface area contributed by atoms with Gasteiger partial charge in [-0.15, -0.1) is 0 Å². The van der Waals surface area contributed by atoms with E-state index in [2.05, 4.69) is 25.7 Å². The lowest BCUT2D eigenvalue weighted by Gasteiger charge is -2.14. The van der Waals surface area contributed by atoms with E-state index in [0.29, 0.717) is 6.54 Å². The first-order valence-electron chi connectivity index (χ1n) is 7.97. The molecule has 0 saturated carbocycles. The van der Waals surface area contributed by atoms with Gasteiger partial charge in [0.05, 0.1) is 6.20 Å². The average molecular weight is 339 g/mol. The lowest BCUT2D eigenvalue weighted by molar-refractivity contribution is -0.123. The van der Waals surface area contributed by atoms with Crippen molar-refractivity contribution in [2.24, 2.45) is 7.05 Å². The molecule has 0 radical (unpaired) electrons. The maximum atomic E-state index is 12.4. The second-order valence-electron chi connectivity index (χ2n) is 5.76. The van der Waals surface area contributed by atoms with Crippen LogP contribution in [0.1, 0.15) is 23.0 Å². The zero-order valence-corrected chi connectivity index (χ0v) is 14.5. The Hall–Kier alpha value is -3.00. The molecule has 0 fully saturated rings. The number of carbonyl (C=O) groups excluding carboxylic acids is 1. The molecular weight excluding hydrogens is 318 g/mol. The number of pyridine rings is 1. The fraction of sp³-hybridized carbons (Fsp3) is 0.294. The van der Waals surface area contributed by atoms with E-state index >= 15 is 0 Å². The second-order valence-corrected chi connectivity index (χ2v) is 5.76. The quantitative estimate of drug-likeness (QED) is 0.696. The summed E-state index contributed by atoms with van der Waals surface area (Å²) < 4.78 is 3.58. The van der Waals surface area contributed by atoms with Crippen LogP contribution in [0.25, 0.3) is 5.82 Å². The van der Waals surface area contributed by atoms with Crippen LogP contribution in [0.2, 0.25) is 0 Å². The number of rotatable bonds is 6. The maximum Gasteiger partial charge on any atom is 0.242 e. The van der Waals surface area contributed by atoms with Crippen molar-refractivity contribution in [3.63, 3.8) is 0 Å². The lowest BCUT2D eigenvalue weighted by atomic mass is 10.1. The van der Waals surface area contributed by atoms with Crippen LogP contribution in [0.3, 0.4) is 0 Å². The SMILES string of the molecule is CNC(C(=O)NCc1ccc(-n2ccnc2C)nc1)c1cnn(C)c1. The van der Waals surface area contributed by atoms with Crippen molar-refractivity contribution in [1.82, 2.24) is 34.9 Å². The average Bonchev–Trinajstić information content (AvgIpc) is 3.23. The summed E-state index contributed by atoms with van der Waals surface area (Å²) in [6.07, 6.45) is 8.87. The predicted octanol–water partition coefficient (Wildman–Crippen LogP) is 0.886. The minimum absolute atomic E-state index is 0.106. The van der Waals surface area contributed by atoms with E-state index in [9.17, 15) is 4.79 Å². The summed E-state index contributed by atoms with van der Waals surface area (Å²) in [6, 6.07) is 3.42. The molecule has 3 aromatic heterocycles. The molecule has 8 nitrogen and oxygen atoms in total. The van der Waals surface area contributed by atoms with Crippen molar-refractivity contribution < 1.29 is 4.79 Å². The molecule has 0 aliphatic carbocycles. The van der Waals surface area contributed by atoms with Crippen LogP contribution >= 0.6 is 0 Å². The van der Waals surface area contributed by atoms with Crippen molar-refractivity contribution in [3.8, 4) is 5.82 Å². The van der Waals surface area contributed by atoms with Crippen LogP contribution in [-0.4, -0.2) is 37.3 Å². The third-order valence-corrected chi connectivity index (χ3v) is 3.96. The van der Waals surface area contributed by atoms with Crippen molar-refractivity contribution in [3.05, 3.63) is 60.1 Å². The fourth-order valence-electron chi connectivity index (χ4n) is 2.61. The Labute approximate surface area is 145 Å². The van der Waals surface area contributed by atoms with Crippen LogP contribution in [-0.2, 0) is 18.4 Å². The fourth-order valence-corrected chi connectivity index (χ4v) is 2.61. The third kappa shape index (κ3) is 3.74. The Bertz CT molecular complexity index is 850. The first-order valence-corrected chi connectivity index (χ1v) is 7.97. The number of amides is 1. The summed E-state index contributed by atoms with van der Waals surface area (Å²) in [6.45, 7) is 2.33. The molecule has 0 bridgehead atoms. The Morgan fingerprint density at radius 3 is 2.68 bits per heavy atom. The molecule has 25 heavy (non-hydrogen) atoms. The third-order valence-electron chi connectivity index (χ3n) is 3.96. The van der Waals surface area contributed by atoms with E-state index in [0.717, 1.165) is 22.8 Å². The maximum absolute atomic E-state index is 12.4. The number of hydrogen-bond acceptors (Lipinski definition) is 5. The molecule has 3 rings (SSSR count). The Morgan fingerprint density at radius 1 is 1.28 bits per heavy atom. The summed E-state index contributed by atoms with van der Waals surface area (Å²) >= 11 is 0. The van der Waals surface area contributed by atoms with E-state index in [1.807, 2.05) is 43.1 Å². The number of likely N-dealkylation sites (N-methyl/N-ethyl adjacent to an activating group) is 1. The topological polar surface area (TPSA) is 89.7 Å². The zero-order valence-electron chi connectivity index (χ0n) is 14.5. The van der Waals surface area contributed by atoms with E-state index in [-0.39, 0.29) is 5.91 Å². The molecule has 130 valence electrons. The number of hydrogen-bond donors (Lipinski definition) is 2. The normalized spacial score (nSPS) is 12.1. The highest BCUT2D eigenvalue weighted by molar-refractivity contribution is 5.82. The monoisotopic (exact) mass is 339 g/mol. The van der Waals surface area contributed by atoms with Gasteiger partial charge >= 0.3 is 0 Å². The summed E-state index contributed by atoms with van der Waals surface area (Å²) in [5, 5.41) is 10.0. The largest absolute Gasteiger partial charge is 0.350 e. The minimum atomic E-state index is -0.436. The van der Waals surface area contributed by atoms with Gasteiger partial charge in [0.25, 0.3) is 0 Å². The summed E-state index contributed by atoms with van der Waals surface area (Å²) in [7, 11) is 3.57. The molecule has 2 N–H and O–H groups in total. The molecule has 3 heterocycles. The van der Waals surface area contributed by atoms with Gasteiger partial charge in [0.2, 0.25) is 5.91 Å². The first kappa shape index (κ1) is 16.8. The highest BCUT2D eigenvalue weighted by Crippen LogP contribution is 2.12. The highest BCUT2D eigenvalue weighted by atomic mass is 16.2. The summed E-state index contributed by atoms with van der Waals surface area (Å²) in [5.74, 6) is 1.57. The van der Waals surface area contributed by atoms with Gasteiger partial charge in [0, 0.05) is 43.9 Å². The second kappa shape index (κ2) is 7.27. The smallest absolute Gasteiger partial charge is 0.242 e. The van der Waals surface area contributed by atoms with E-state index in [4.69, 9.17) is 0 Å². The summed E-state index contributed by atoms with van der Waals surface area (Å²) in [5.41, 5.74) is 1.75. The molecule has 1 unspecified atom stereocenters. The number of aromatic nitrogens is 5. The standard InChI is InChI=1S/C17H21N7O/c1-12-19-6-7-24(12)15-5-4-13(8-20-15)9-21-17(25)16(18-2)14-10-22-23(3)11-14/h4-8,10-11,16,18H,9H2,1-3H3,(H,21,25). The van der Waals surface area contributed by atoms with E-state index in [1.165, 1.54) is 0 Å². The molecule has 8 heteroatoms. The van der Waals surface area contributed by atoms with Crippen LogP contribution in [0.5, 0.6) is 0 Å². The van der Waals surface area contributed by atoms with Crippen LogP contribution in [0, 0.1) is 6.92 Å². The Kier molecular flexibility index (Phi) is 4.90. The number of nitrogens with zero attached hydrogens (tertiary/aromatic N) is 5. The molecule has 1 atom stereocenters. The molecule has 0 aliphatic heterocycles. The van der Waals surface area contributed by atoms with Crippen molar-refractivity contribution in [1.29, 1.82) is 0 Å². The molecule has 1 amide bonds. The van der Waals surface area contributed by atoms with Gasteiger partial charge in [-0.05, 0) is 25.6 Å². The summed E-state index contributed by atoms with van der Waals surface area (Å²) in [4.78, 5) is 21.0. The number of nitrogens with one attached hydrogen (secondary N) is 2. The first-order chi connectivity index (χ1) is 12.1. The molecule has 0 aliphatic rings. The van der Waals surface area contributed by atoms with Crippen molar-refractivity contribution >= 4 is 5.91 Å². The van der Waals surface area contributed by atoms with E-state index < -0.39 is 6.04 Å². The van der Waals surface area contributed by atoms with Crippen LogP contribution < -0.4 is 10.6 Å². The van der Waals surface area contributed by atoms with Gasteiger partial charge in [0.15, 0.2) is 0 Å². The lowest BCUT2D eigenvalue weighted by Crippen LogP contribution is -2.35. The molecule has 3 aromatic rings. The van der Waals surface area contributed by atoms with Gasteiger partial charge in [-0.1, -0.05) is 6.07 Å². The molecule has 0 spiro atoms. The Balaban J connectivity index is 1.63. The van der Waals surface area contributed by atoms with Gasteiger partial charge in [-0.25, -0.2) is 9.97 Å².